The van der Waals surface area contributed by atoms with E-state index >= 15 is 8.78 Å². The fraction of sp³-hybridized carbons (Fsp3) is 0.533. The molecule has 10 heterocycles. The Morgan fingerprint density at radius 3 is 1.60 bits per heavy atom. The predicted octanol–water partition coefficient (Wildman–Crippen LogP) is 5.60. The highest BCUT2D eigenvalue weighted by molar-refractivity contribution is 5.87. The standard InChI is InChI=1S/C60H69F8N11O9/c1-57(2,59(63,64)65)51(73-56(85)86-5)53(81)71-47(16-34-9-6-33(7-10-34)8-11-35-12-14-49(69-21-35)75-23-38-19-39(24-75)78(38)42-29-87-30-42)48(80)28-77(74-54(82)52(72-55(83)84)58(3,4)60(66,67)68)27-44-45(61)17-37(18-46(44)62)36-13-15-50(70-22-36)76-25-40-20-41(26-76)79(40)43-31-88-32-43/h6-7,9-10,12-15,17-18,21-22,38-43,47-48,51-52,72,80H,16,19-20,23-32H2,1-5H3,(H,71,81)(H,73,85)(H,74,82)(H,83,84). The maximum absolute atomic E-state index is 16.5. The number of fused-ring (bicyclic) bond motifs is 4. The van der Waals surface area contributed by atoms with Gasteiger partial charge in [0, 0.05) is 98.1 Å². The third-order valence-electron chi connectivity index (χ3n) is 17.9. The number of aromatic nitrogens is 2. The number of aliphatic hydroxyl groups excluding tert-OH is 1. The van der Waals surface area contributed by atoms with Crippen LogP contribution in [0.2, 0.25) is 0 Å². The number of carbonyl (C=O) groups excluding carboxylic acids is 3. The number of piperidine rings is 2. The molecule has 12 rings (SSSR count). The molecule has 0 spiro atoms. The number of aliphatic hydroxyl groups is 1. The third kappa shape index (κ3) is 13.4. The number of pyridine rings is 2. The summed E-state index contributed by atoms with van der Waals surface area (Å²) in [5.41, 5.74) is -3.21. The smallest absolute Gasteiger partial charge is 0.407 e. The molecule has 88 heavy (non-hydrogen) atoms. The Balaban J connectivity index is 0.902. The molecule has 0 saturated carbocycles. The van der Waals surface area contributed by atoms with Crippen LogP contribution in [0.4, 0.5) is 56.3 Å². The lowest BCUT2D eigenvalue weighted by Gasteiger charge is -2.60. The maximum Gasteiger partial charge on any atom is 0.407 e. The molecule has 474 valence electrons. The van der Waals surface area contributed by atoms with Gasteiger partial charge in [-0.05, 0) is 107 Å². The van der Waals surface area contributed by atoms with Crippen LogP contribution in [-0.4, -0.2) is 198 Å². The number of carbonyl (C=O) groups is 4. The van der Waals surface area contributed by atoms with Gasteiger partial charge in [0.15, 0.2) is 0 Å². The summed E-state index contributed by atoms with van der Waals surface area (Å²) in [6, 6.07) is 10.8. The zero-order valence-corrected chi connectivity index (χ0v) is 48.8. The number of nitrogens with one attached hydrogen (secondary N) is 4. The van der Waals surface area contributed by atoms with Crippen LogP contribution >= 0.6 is 0 Å². The van der Waals surface area contributed by atoms with E-state index in [4.69, 9.17) is 9.47 Å². The summed E-state index contributed by atoms with van der Waals surface area (Å²) in [6.07, 6.45) is -11.2. The molecule has 8 aliphatic heterocycles. The van der Waals surface area contributed by atoms with Crippen LogP contribution in [-0.2, 0) is 36.8 Å². The van der Waals surface area contributed by atoms with Gasteiger partial charge in [-0.2, -0.15) is 26.3 Å². The normalized spacial score (nSPS) is 22.1. The number of alkyl carbamates (subject to hydrolysis) is 1. The van der Waals surface area contributed by atoms with Crippen molar-refractivity contribution in [2.75, 3.05) is 76.1 Å². The second kappa shape index (κ2) is 25.2. The lowest BCUT2D eigenvalue weighted by atomic mass is 9.82. The van der Waals surface area contributed by atoms with Gasteiger partial charge in [0.1, 0.15) is 35.4 Å². The van der Waals surface area contributed by atoms with Crippen molar-refractivity contribution in [1.29, 1.82) is 0 Å². The number of benzene rings is 2. The van der Waals surface area contributed by atoms with Crippen LogP contribution in [0.25, 0.3) is 11.1 Å². The van der Waals surface area contributed by atoms with Crippen LogP contribution in [0.3, 0.4) is 0 Å². The number of hydrogen-bond donors (Lipinski definition) is 6. The van der Waals surface area contributed by atoms with Gasteiger partial charge < -0.3 is 50.2 Å². The van der Waals surface area contributed by atoms with Crippen molar-refractivity contribution in [1.82, 2.24) is 46.2 Å². The number of alkyl halides is 6. The number of piperazine rings is 2. The van der Waals surface area contributed by atoms with E-state index in [2.05, 4.69) is 56.9 Å². The zero-order valence-electron chi connectivity index (χ0n) is 48.8. The number of anilines is 2. The van der Waals surface area contributed by atoms with E-state index in [1.165, 1.54) is 18.3 Å². The largest absolute Gasteiger partial charge is 0.465 e. The molecule has 8 atom stereocenters. The van der Waals surface area contributed by atoms with E-state index in [0.717, 1.165) is 77.3 Å². The summed E-state index contributed by atoms with van der Waals surface area (Å²) >= 11 is 0. The average molecular weight is 1240 g/mol. The van der Waals surface area contributed by atoms with E-state index in [0.29, 0.717) is 110 Å². The summed E-state index contributed by atoms with van der Waals surface area (Å²) in [5, 5.41) is 28.2. The number of carboxylic acid groups (broad SMARTS) is 1. The van der Waals surface area contributed by atoms with Gasteiger partial charge in [0.2, 0.25) is 5.91 Å². The lowest BCUT2D eigenvalue weighted by molar-refractivity contribution is -0.221. The van der Waals surface area contributed by atoms with Gasteiger partial charge in [0.25, 0.3) is 5.91 Å². The van der Waals surface area contributed by atoms with Crippen LogP contribution in [0, 0.1) is 34.3 Å². The van der Waals surface area contributed by atoms with Gasteiger partial charge in [0.05, 0.1) is 68.6 Å². The van der Waals surface area contributed by atoms with E-state index in [9.17, 15) is 55.7 Å². The minimum absolute atomic E-state index is 0.0164. The van der Waals surface area contributed by atoms with Gasteiger partial charge in [-0.1, -0.05) is 24.0 Å². The molecular formula is C60H69F8N11O9. The van der Waals surface area contributed by atoms with Crippen molar-refractivity contribution < 1.29 is 78.7 Å². The monoisotopic (exact) mass is 1240 g/mol. The number of amides is 4. The van der Waals surface area contributed by atoms with Crippen molar-refractivity contribution in [3.8, 4) is 23.0 Å². The minimum atomic E-state index is -5.25. The van der Waals surface area contributed by atoms with Crippen molar-refractivity contribution in [2.24, 2.45) is 10.8 Å². The molecule has 2 aromatic carbocycles. The minimum Gasteiger partial charge on any atom is -0.465 e. The Kier molecular flexibility index (Phi) is 18.2. The van der Waals surface area contributed by atoms with Crippen molar-refractivity contribution >= 4 is 35.6 Å². The number of methoxy groups -OCH3 is 1. The number of nitrogens with zero attached hydrogens (tertiary/aromatic N) is 7. The molecule has 2 aromatic heterocycles. The van der Waals surface area contributed by atoms with E-state index in [-0.39, 0.29) is 5.56 Å². The molecule has 0 aliphatic carbocycles. The number of hydrazine groups is 1. The molecule has 4 aromatic rings. The maximum atomic E-state index is 16.5. The zero-order chi connectivity index (χ0) is 63.2. The molecular weight excluding hydrogens is 1170 g/mol. The van der Waals surface area contributed by atoms with Crippen molar-refractivity contribution in [3.63, 3.8) is 0 Å². The summed E-state index contributed by atoms with van der Waals surface area (Å²) in [6.45, 7) is 6.21. The molecule has 8 fully saturated rings. The van der Waals surface area contributed by atoms with Gasteiger partial charge in [-0.15, -0.1) is 0 Å². The summed E-state index contributed by atoms with van der Waals surface area (Å²) in [5.74, 6) is 1.86. The number of ether oxygens (including phenoxy) is 3. The lowest BCUT2D eigenvalue weighted by Crippen LogP contribution is -2.74. The van der Waals surface area contributed by atoms with Crippen LogP contribution in [0.5, 0.6) is 0 Å². The Morgan fingerprint density at radius 2 is 1.16 bits per heavy atom. The highest BCUT2D eigenvalue weighted by atomic mass is 19.4. The highest BCUT2D eigenvalue weighted by Crippen LogP contribution is 2.43. The van der Waals surface area contributed by atoms with Crippen molar-refractivity contribution in [2.45, 2.75) is 126 Å². The highest BCUT2D eigenvalue weighted by Gasteiger charge is 2.58. The third-order valence-corrected chi connectivity index (χ3v) is 17.9. The Bertz CT molecular complexity index is 3220. The molecule has 28 heteroatoms. The number of halogens is 8. The number of rotatable bonds is 20. The molecule has 8 saturated heterocycles. The van der Waals surface area contributed by atoms with Gasteiger partial charge >= 0.3 is 24.5 Å². The topological polar surface area (TPSA) is 227 Å². The number of hydrogen-bond acceptors (Lipinski definition) is 15. The first-order chi connectivity index (χ1) is 41.6. The second-order valence-corrected chi connectivity index (χ2v) is 24.5. The molecule has 4 amide bonds. The molecule has 4 bridgehead atoms. The second-order valence-electron chi connectivity index (χ2n) is 24.5. The summed E-state index contributed by atoms with van der Waals surface area (Å²) in [4.78, 5) is 71.3. The Hall–Kier alpha value is -7.42. The first-order valence-electron chi connectivity index (χ1n) is 28.8. The quantitative estimate of drug-likeness (QED) is 0.0360. The SMILES string of the molecule is COC(=O)NC(C(=O)NC(Cc1ccc(C#Cc2ccc(N3CC4CC(C3)N4C3COC3)nc2)cc1)C(O)CN(Cc1c(F)cc(-c2ccc(N3CC4CC(C3)N4C3COC3)nc2)cc1F)NC(=O)C(NC(=O)O)C(C)(C)C(F)(F)F)C(C)(C)C(F)(F)F. The average Bonchev–Trinajstić information content (AvgIpc) is 1.42. The van der Waals surface area contributed by atoms with Gasteiger partial charge in [-0.3, -0.25) is 24.8 Å². The molecule has 8 aliphatic rings. The summed E-state index contributed by atoms with van der Waals surface area (Å²) < 4.78 is 136. The molecule has 8 unspecified atom stereocenters. The fourth-order valence-electron chi connectivity index (χ4n) is 12.3. The van der Waals surface area contributed by atoms with E-state index < -0.39 is 108 Å². The van der Waals surface area contributed by atoms with E-state index in [1.54, 1.807) is 35.8 Å². The Labute approximate surface area is 502 Å². The van der Waals surface area contributed by atoms with E-state index in [1.807, 2.05) is 17.4 Å². The molecule has 0 radical (unpaired) electrons. The van der Waals surface area contributed by atoms with Crippen LogP contribution in [0.15, 0.2) is 73.1 Å². The van der Waals surface area contributed by atoms with Gasteiger partial charge in [-0.25, -0.2) is 33.3 Å². The summed E-state index contributed by atoms with van der Waals surface area (Å²) in [7, 11) is 0.843. The van der Waals surface area contributed by atoms with Crippen LogP contribution < -0.4 is 31.2 Å². The Morgan fingerprint density at radius 1 is 0.670 bits per heavy atom. The molecule has 6 N–H and O–H groups in total. The van der Waals surface area contributed by atoms with Crippen molar-refractivity contribution in [3.05, 3.63) is 107 Å². The first-order valence-corrected chi connectivity index (χ1v) is 28.8. The first kappa shape index (κ1) is 63.6. The predicted molar refractivity (Wildman–Crippen MR) is 302 cm³/mol. The fourth-order valence-corrected chi connectivity index (χ4v) is 12.3. The van der Waals surface area contributed by atoms with Crippen LogP contribution in [0.1, 0.15) is 62.8 Å². The molecule has 20 nitrogen and oxygen atoms in total.